The zero-order valence-corrected chi connectivity index (χ0v) is 24.7. The molecule has 12 heteroatoms. The van der Waals surface area contributed by atoms with Gasteiger partial charge in [0.05, 0.1) is 31.5 Å². The van der Waals surface area contributed by atoms with Gasteiger partial charge in [-0.25, -0.2) is 19.2 Å². The van der Waals surface area contributed by atoms with E-state index in [1.807, 2.05) is 0 Å². The summed E-state index contributed by atoms with van der Waals surface area (Å²) in [6.45, 7) is 3.16. The van der Waals surface area contributed by atoms with Crippen LogP contribution in [0.4, 0.5) is 0 Å². The minimum absolute atomic E-state index is 0.0796. The van der Waals surface area contributed by atoms with Crippen LogP contribution in [-0.2, 0) is 33.3 Å². The van der Waals surface area contributed by atoms with Gasteiger partial charge < -0.3 is 37.9 Å². The first-order valence-electron chi connectivity index (χ1n) is 14.1. The van der Waals surface area contributed by atoms with E-state index in [9.17, 15) is 19.2 Å². The molecule has 0 spiro atoms. The summed E-state index contributed by atoms with van der Waals surface area (Å²) in [6.07, 6.45) is 1.29. The van der Waals surface area contributed by atoms with Crippen molar-refractivity contribution in [2.45, 2.75) is 24.4 Å². The molecule has 46 heavy (non-hydrogen) atoms. The second kappa shape index (κ2) is 15.0. The molecule has 2 fully saturated rings. The fourth-order valence-electron chi connectivity index (χ4n) is 4.63. The molecule has 238 valence electrons. The second-order valence-electron chi connectivity index (χ2n) is 9.99. The third-order valence-electron chi connectivity index (χ3n) is 7.00. The molecule has 4 unspecified atom stereocenters. The number of ether oxygens (including phenoxy) is 8. The maximum atomic E-state index is 12.7. The van der Waals surface area contributed by atoms with E-state index in [1.165, 1.54) is 30.3 Å². The highest BCUT2D eigenvalue weighted by Gasteiger charge is 2.51. The summed E-state index contributed by atoms with van der Waals surface area (Å²) >= 11 is 0. The molecule has 4 atom stereocenters. The van der Waals surface area contributed by atoms with Crippen LogP contribution >= 0.6 is 0 Å². The normalized spacial score (nSPS) is 19.9. The van der Waals surface area contributed by atoms with Crippen LogP contribution in [0.25, 0.3) is 6.08 Å². The van der Waals surface area contributed by atoms with E-state index in [4.69, 9.17) is 37.9 Å². The summed E-state index contributed by atoms with van der Waals surface area (Å²) in [6, 6.07) is 19.3. The van der Waals surface area contributed by atoms with Crippen molar-refractivity contribution in [2.75, 3.05) is 27.1 Å². The molecule has 2 aliphatic rings. The predicted octanol–water partition coefficient (Wildman–Crippen LogP) is 3.93. The Morgan fingerprint density at radius 1 is 0.739 bits per heavy atom. The molecule has 12 nitrogen and oxygen atoms in total. The van der Waals surface area contributed by atoms with Crippen LogP contribution in [0.2, 0.25) is 0 Å². The number of fused-ring (bicyclic) bond motifs is 1. The standard InChI is InChI=1S/C34H30O12/c1-3-29(35)43-20-42-25-15-9-23(10-16-25)34(38)46-28-19-41-31-27(18-40-32(28)31)45-30(36)17-6-21-4-11-26(12-5-21)44-33(37)22-7-13-24(39-2)14-8-22/h3-17,27-28,31-32H,1,18-20H2,2H3/b17-6+. The molecule has 2 aliphatic heterocycles. The lowest BCUT2D eigenvalue weighted by molar-refractivity contribution is -0.147. The smallest absolute Gasteiger partial charge is 0.343 e. The molecular weight excluding hydrogens is 600 g/mol. The van der Waals surface area contributed by atoms with Gasteiger partial charge in [0, 0.05) is 12.2 Å². The molecule has 2 saturated heterocycles. The summed E-state index contributed by atoms with van der Waals surface area (Å²) in [5, 5.41) is 0. The molecular formula is C34H30O12. The van der Waals surface area contributed by atoms with Crippen molar-refractivity contribution >= 4 is 30.0 Å². The lowest BCUT2D eigenvalue weighted by Crippen LogP contribution is -2.35. The maximum absolute atomic E-state index is 12.7. The van der Waals surface area contributed by atoms with Crippen LogP contribution in [0.5, 0.6) is 17.2 Å². The quantitative estimate of drug-likeness (QED) is 0.0941. The number of benzene rings is 3. The lowest BCUT2D eigenvalue weighted by Gasteiger charge is -2.17. The number of methoxy groups -OCH3 is 1. The topological polar surface area (TPSA) is 142 Å². The fraction of sp³-hybridized carbons (Fsp3) is 0.235. The van der Waals surface area contributed by atoms with Crippen LogP contribution < -0.4 is 14.2 Å². The summed E-state index contributed by atoms with van der Waals surface area (Å²) in [5.74, 6) is -0.954. The van der Waals surface area contributed by atoms with E-state index in [1.54, 1.807) is 61.7 Å². The molecule has 2 heterocycles. The number of carbonyl (C=O) groups excluding carboxylic acids is 4. The minimum Gasteiger partial charge on any atom is -0.497 e. The van der Waals surface area contributed by atoms with Gasteiger partial charge >= 0.3 is 23.9 Å². The van der Waals surface area contributed by atoms with Gasteiger partial charge in [-0.15, -0.1) is 0 Å². The van der Waals surface area contributed by atoms with Gasteiger partial charge in [-0.2, -0.15) is 0 Å². The number of esters is 4. The van der Waals surface area contributed by atoms with Gasteiger partial charge in [-0.05, 0) is 72.3 Å². The van der Waals surface area contributed by atoms with E-state index in [0.717, 1.165) is 6.08 Å². The maximum Gasteiger partial charge on any atom is 0.343 e. The molecule has 0 saturated carbocycles. The van der Waals surface area contributed by atoms with E-state index < -0.39 is 48.3 Å². The minimum atomic E-state index is -0.691. The summed E-state index contributed by atoms with van der Waals surface area (Å²) < 4.78 is 43.2. The van der Waals surface area contributed by atoms with Crippen molar-refractivity contribution in [3.63, 3.8) is 0 Å². The first-order chi connectivity index (χ1) is 22.3. The zero-order valence-electron chi connectivity index (χ0n) is 24.7. The lowest BCUT2D eigenvalue weighted by atomic mass is 10.1. The van der Waals surface area contributed by atoms with Crippen molar-refractivity contribution in [3.8, 4) is 17.2 Å². The first kappa shape index (κ1) is 31.9. The van der Waals surface area contributed by atoms with Gasteiger partial charge in [0.1, 0.15) is 29.5 Å². The molecule has 0 bridgehead atoms. The van der Waals surface area contributed by atoms with Crippen molar-refractivity contribution in [1.29, 1.82) is 0 Å². The molecule has 0 radical (unpaired) electrons. The Labute approximate surface area is 264 Å². The Kier molecular flexibility index (Phi) is 10.4. The second-order valence-corrected chi connectivity index (χ2v) is 9.99. The number of hydrogen-bond acceptors (Lipinski definition) is 12. The summed E-state index contributed by atoms with van der Waals surface area (Å²) in [4.78, 5) is 48.7. The van der Waals surface area contributed by atoms with Crippen molar-refractivity contribution < 1.29 is 57.1 Å². The Morgan fingerprint density at radius 3 is 1.91 bits per heavy atom. The predicted molar refractivity (Wildman–Crippen MR) is 160 cm³/mol. The molecule has 0 N–H and O–H groups in total. The third-order valence-corrected chi connectivity index (χ3v) is 7.00. The largest absolute Gasteiger partial charge is 0.497 e. The Morgan fingerprint density at radius 2 is 1.30 bits per heavy atom. The fourth-order valence-corrected chi connectivity index (χ4v) is 4.63. The summed E-state index contributed by atoms with van der Waals surface area (Å²) in [5.41, 5.74) is 1.33. The van der Waals surface area contributed by atoms with Crippen LogP contribution in [0.3, 0.4) is 0 Å². The van der Waals surface area contributed by atoms with Crippen LogP contribution in [-0.4, -0.2) is 75.4 Å². The summed E-state index contributed by atoms with van der Waals surface area (Å²) in [7, 11) is 1.54. The highest BCUT2D eigenvalue weighted by atomic mass is 16.7. The van der Waals surface area contributed by atoms with E-state index in [-0.39, 0.29) is 25.6 Å². The molecule has 0 aliphatic carbocycles. The van der Waals surface area contributed by atoms with Crippen LogP contribution in [0, 0.1) is 0 Å². The van der Waals surface area contributed by atoms with E-state index in [0.29, 0.717) is 28.4 Å². The average molecular weight is 631 g/mol. The van der Waals surface area contributed by atoms with Gasteiger partial charge in [0.25, 0.3) is 0 Å². The van der Waals surface area contributed by atoms with Gasteiger partial charge in [-0.1, -0.05) is 18.7 Å². The van der Waals surface area contributed by atoms with Crippen molar-refractivity contribution in [2.24, 2.45) is 0 Å². The molecule has 3 aromatic rings. The number of rotatable bonds is 12. The SMILES string of the molecule is C=CC(=O)OCOc1ccc(C(=O)OC2COC3C(OC(=O)/C=C/c4ccc(OC(=O)c5ccc(OC)cc5)cc4)COC23)cc1. The monoisotopic (exact) mass is 630 g/mol. The van der Waals surface area contributed by atoms with Crippen LogP contribution in [0.1, 0.15) is 26.3 Å². The molecule has 5 rings (SSSR count). The third kappa shape index (κ3) is 8.17. The molecule has 0 aromatic heterocycles. The van der Waals surface area contributed by atoms with Crippen molar-refractivity contribution in [3.05, 3.63) is 108 Å². The Balaban J connectivity index is 1.06. The Bertz CT molecular complexity index is 1580. The van der Waals surface area contributed by atoms with E-state index in [2.05, 4.69) is 6.58 Å². The molecule has 0 amide bonds. The number of hydrogen-bond donors (Lipinski definition) is 0. The highest BCUT2D eigenvalue weighted by molar-refractivity contribution is 5.91. The van der Waals surface area contributed by atoms with Gasteiger partial charge in [0.2, 0.25) is 6.79 Å². The zero-order chi connectivity index (χ0) is 32.5. The average Bonchev–Trinajstić information content (AvgIpc) is 3.67. The number of carbonyl (C=O) groups is 4. The Hall–Kier alpha value is -5.46. The van der Waals surface area contributed by atoms with Gasteiger partial charge in [0.15, 0.2) is 12.2 Å². The van der Waals surface area contributed by atoms with Crippen molar-refractivity contribution in [1.82, 2.24) is 0 Å². The van der Waals surface area contributed by atoms with Gasteiger partial charge in [-0.3, -0.25) is 0 Å². The molecule has 3 aromatic carbocycles. The van der Waals surface area contributed by atoms with Crippen LogP contribution in [0.15, 0.2) is 91.5 Å². The highest BCUT2D eigenvalue weighted by Crippen LogP contribution is 2.31. The van der Waals surface area contributed by atoms with E-state index >= 15 is 0 Å². The first-order valence-corrected chi connectivity index (χ1v) is 14.1.